The first-order chi connectivity index (χ1) is 9.72. The van der Waals surface area contributed by atoms with E-state index in [2.05, 4.69) is 39.8 Å². The van der Waals surface area contributed by atoms with Crippen LogP contribution in [0.2, 0.25) is 0 Å². The number of hydrogen-bond acceptors (Lipinski definition) is 6. The average molecular weight is 306 g/mol. The van der Waals surface area contributed by atoms with Crippen molar-refractivity contribution in [3.63, 3.8) is 0 Å². The van der Waals surface area contributed by atoms with E-state index in [1.54, 1.807) is 0 Å². The molecule has 3 rings (SSSR count). The van der Waals surface area contributed by atoms with Crippen molar-refractivity contribution in [3.8, 4) is 0 Å². The van der Waals surface area contributed by atoms with Crippen molar-refractivity contribution in [2.75, 3.05) is 11.1 Å². The monoisotopic (exact) mass is 306 g/mol. The van der Waals surface area contributed by atoms with Crippen LogP contribution < -0.4 is 11.1 Å². The topological polar surface area (TPSA) is 80.9 Å². The highest BCUT2D eigenvalue weighted by molar-refractivity contribution is 8.01. The minimum atomic E-state index is -0.343. The van der Waals surface area contributed by atoms with Crippen LogP contribution in [0.1, 0.15) is 23.6 Å². The zero-order valence-electron chi connectivity index (χ0n) is 10.7. The summed E-state index contributed by atoms with van der Waals surface area (Å²) in [4.78, 5) is 10.7. The molecule has 7 heteroatoms. The lowest BCUT2D eigenvalue weighted by molar-refractivity contribution is -0.115. The second-order valence-corrected chi connectivity index (χ2v) is 6.76. The van der Waals surface area contributed by atoms with Crippen LogP contribution in [-0.2, 0) is 11.2 Å². The third kappa shape index (κ3) is 2.94. The van der Waals surface area contributed by atoms with Crippen molar-refractivity contribution < 1.29 is 4.79 Å². The molecule has 1 atom stereocenters. The molecule has 3 N–H and O–H groups in total. The van der Waals surface area contributed by atoms with E-state index in [1.807, 2.05) is 0 Å². The summed E-state index contributed by atoms with van der Waals surface area (Å²) < 4.78 is 0.762. The summed E-state index contributed by atoms with van der Waals surface area (Å²) in [6, 6.07) is 8.76. The average Bonchev–Trinajstić information content (AvgIpc) is 3.05. The number of fused-ring (bicyclic) bond motifs is 1. The van der Waals surface area contributed by atoms with Gasteiger partial charge >= 0.3 is 0 Å². The van der Waals surface area contributed by atoms with Gasteiger partial charge in [-0.2, -0.15) is 0 Å². The maximum absolute atomic E-state index is 10.7. The highest BCUT2D eigenvalue weighted by Gasteiger charge is 2.22. The molecule has 0 aliphatic heterocycles. The molecule has 1 amide bonds. The number of nitrogens with one attached hydrogen (secondary N) is 1. The van der Waals surface area contributed by atoms with Gasteiger partial charge in [-0.1, -0.05) is 47.4 Å². The molecule has 20 heavy (non-hydrogen) atoms. The first kappa shape index (κ1) is 13.4. The first-order valence-corrected chi connectivity index (χ1v) is 8.11. The molecular weight excluding hydrogens is 292 g/mol. The molecule has 2 aromatic rings. The molecule has 0 fully saturated rings. The normalized spacial score (nSPS) is 16.9. The van der Waals surface area contributed by atoms with Crippen LogP contribution in [0.25, 0.3) is 0 Å². The largest absolute Gasteiger partial charge is 0.369 e. The number of carbonyl (C=O) groups excluding carboxylic acids is 1. The minimum Gasteiger partial charge on any atom is -0.369 e. The van der Waals surface area contributed by atoms with Crippen LogP contribution in [0.5, 0.6) is 0 Å². The molecule has 1 heterocycles. The SMILES string of the molecule is NC(=O)CSc1nnc(NC2CCc3ccccc32)s1. The second-order valence-electron chi connectivity index (χ2n) is 4.56. The van der Waals surface area contributed by atoms with E-state index in [1.165, 1.54) is 34.2 Å². The van der Waals surface area contributed by atoms with Crippen molar-refractivity contribution in [1.29, 1.82) is 0 Å². The fourth-order valence-electron chi connectivity index (χ4n) is 2.32. The molecule has 0 radical (unpaired) electrons. The fraction of sp³-hybridized carbons (Fsp3) is 0.308. The number of carbonyl (C=O) groups is 1. The van der Waals surface area contributed by atoms with Crippen molar-refractivity contribution in [2.45, 2.75) is 23.2 Å². The van der Waals surface area contributed by atoms with Gasteiger partial charge in [0.1, 0.15) is 0 Å². The number of aromatic nitrogens is 2. The van der Waals surface area contributed by atoms with Gasteiger partial charge in [0, 0.05) is 0 Å². The summed E-state index contributed by atoms with van der Waals surface area (Å²) in [5.74, 6) is -0.106. The number of hydrogen-bond donors (Lipinski definition) is 2. The Labute approximate surface area is 125 Å². The number of primary amides is 1. The molecule has 5 nitrogen and oxygen atoms in total. The number of nitrogens with two attached hydrogens (primary N) is 1. The number of amides is 1. The number of benzene rings is 1. The van der Waals surface area contributed by atoms with E-state index in [0.29, 0.717) is 6.04 Å². The lowest BCUT2D eigenvalue weighted by Gasteiger charge is -2.11. The van der Waals surface area contributed by atoms with E-state index in [-0.39, 0.29) is 11.7 Å². The number of aryl methyl sites for hydroxylation is 1. The zero-order valence-corrected chi connectivity index (χ0v) is 12.3. The van der Waals surface area contributed by atoms with E-state index in [4.69, 9.17) is 5.73 Å². The molecule has 1 unspecified atom stereocenters. The van der Waals surface area contributed by atoms with Crippen LogP contribution >= 0.6 is 23.1 Å². The number of rotatable bonds is 5. The lowest BCUT2D eigenvalue weighted by Crippen LogP contribution is -2.12. The van der Waals surface area contributed by atoms with E-state index >= 15 is 0 Å². The van der Waals surface area contributed by atoms with Crippen molar-refractivity contribution in [3.05, 3.63) is 35.4 Å². The molecule has 1 aromatic carbocycles. The standard InChI is InChI=1S/C13H14N4OS2/c14-11(18)7-19-13-17-16-12(20-13)15-10-6-5-8-3-1-2-4-9(8)10/h1-4,10H,5-7H2,(H2,14,18)(H,15,16). The van der Waals surface area contributed by atoms with Gasteiger partial charge in [-0.05, 0) is 24.0 Å². The second kappa shape index (κ2) is 5.80. The van der Waals surface area contributed by atoms with E-state index in [9.17, 15) is 4.79 Å². The Kier molecular flexibility index (Phi) is 3.88. The van der Waals surface area contributed by atoms with Crippen LogP contribution in [-0.4, -0.2) is 21.9 Å². The highest BCUT2D eigenvalue weighted by atomic mass is 32.2. The highest BCUT2D eigenvalue weighted by Crippen LogP contribution is 2.35. The molecule has 0 saturated carbocycles. The fourth-order valence-corrected chi connectivity index (χ4v) is 3.86. The quantitative estimate of drug-likeness (QED) is 0.828. The molecule has 0 saturated heterocycles. The predicted molar refractivity (Wildman–Crippen MR) is 81.0 cm³/mol. The van der Waals surface area contributed by atoms with Gasteiger partial charge < -0.3 is 11.1 Å². The van der Waals surface area contributed by atoms with Gasteiger partial charge in [0.15, 0.2) is 4.34 Å². The minimum absolute atomic E-state index is 0.237. The summed E-state index contributed by atoms with van der Waals surface area (Å²) in [6.07, 6.45) is 2.17. The van der Waals surface area contributed by atoms with Crippen molar-refractivity contribution in [1.82, 2.24) is 10.2 Å². The zero-order chi connectivity index (χ0) is 13.9. The van der Waals surface area contributed by atoms with Crippen molar-refractivity contribution >= 4 is 34.1 Å². The summed E-state index contributed by atoms with van der Waals surface area (Å²) in [5.41, 5.74) is 7.86. The molecule has 104 valence electrons. The summed E-state index contributed by atoms with van der Waals surface area (Å²) in [6.45, 7) is 0. The van der Waals surface area contributed by atoms with Gasteiger partial charge in [0.2, 0.25) is 11.0 Å². The molecule has 1 aliphatic rings. The molecule has 0 bridgehead atoms. The Morgan fingerprint density at radius 3 is 3.15 bits per heavy atom. The molecular formula is C13H14N4OS2. The molecule has 1 aromatic heterocycles. The predicted octanol–water partition coefficient (Wildman–Crippen LogP) is 2.21. The van der Waals surface area contributed by atoms with Crippen LogP contribution in [0.3, 0.4) is 0 Å². The number of thioether (sulfide) groups is 1. The third-order valence-corrected chi connectivity index (χ3v) is 5.19. The Balaban J connectivity index is 1.66. The van der Waals surface area contributed by atoms with Gasteiger partial charge in [0.25, 0.3) is 0 Å². The number of anilines is 1. The van der Waals surface area contributed by atoms with Crippen LogP contribution in [0.15, 0.2) is 28.6 Å². The third-order valence-electron chi connectivity index (χ3n) is 3.17. The summed E-state index contributed by atoms with van der Waals surface area (Å²) in [7, 11) is 0. The van der Waals surface area contributed by atoms with Crippen LogP contribution in [0, 0.1) is 0 Å². The maximum atomic E-state index is 10.7. The van der Waals surface area contributed by atoms with Crippen molar-refractivity contribution in [2.24, 2.45) is 5.73 Å². The van der Waals surface area contributed by atoms with E-state index < -0.39 is 0 Å². The Morgan fingerprint density at radius 1 is 1.45 bits per heavy atom. The van der Waals surface area contributed by atoms with Gasteiger partial charge in [-0.15, -0.1) is 10.2 Å². The van der Waals surface area contributed by atoms with Gasteiger partial charge in [-0.25, -0.2) is 0 Å². The van der Waals surface area contributed by atoms with Gasteiger partial charge in [-0.3, -0.25) is 4.79 Å². The van der Waals surface area contributed by atoms with Crippen LogP contribution in [0.4, 0.5) is 5.13 Å². The molecule has 1 aliphatic carbocycles. The first-order valence-electron chi connectivity index (χ1n) is 6.31. The maximum Gasteiger partial charge on any atom is 0.227 e. The number of nitrogens with zero attached hydrogens (tertiary/aromatic N) is 2. The Bertz CT molecular complexity index is 628. The summed E-state index contributed by atoms with van der Waals surface area (Å²) in [5, 5.41) is 12.4. The Morgan fingerprint density at radius 2 is 2.30 bits per heavy atom. The Hall–Kier alpha value is -1.60. The molecule has 0 spiro atoms. The summed E-state index contributed by atoms with van der Waals surface area (Å²) >= 11 is 2.78. The van der Waals surface area contributed by atoms with Gasteiger partial charge in [0.05, 0.1) is 11.8 Å². The smallest absolute Gasteiger partial charge is 0.227 e. The lowest BCUT2D eigenvalue weighted by atomic mass is 10.1. The van der Waals surface area contributed by atoms with E-state index in [0.717, 1.165) is 22.3 Å².